The number of nitrogens with one attached hydrogen (secondary N) is 1. The molecule has 0 unspecified atom stereocenters. The number of H-pyrrole nitrogens is 1. The summed E-state index contributed by atoms with van der Waals surface area (Å²) in [5.41, 5.74) is 3.31. The SMILES string of the molecule is CN(C)Cc1cc(-c2noc(-c3cccc4[nH]c(CO)nc34)n2)ccc1F. The van der Waals surface area contributed by atoms with Gasteiger partial charge in [-0.1, -0.05) is 11.2 Å². The molecule has 0 aliphatic rings. The van der Waals surface area contributed by atoms with Crippen LogP contribution in [0.4, 0.5) is 4.39 Å². The quantitative estimate of drug-likeness (QED) is 0.564. The molecule has 8 heteroatoms. The fraction of sp³-hybridized carbons (Fsp3) is 0.211. The van der Waals surface area contributed by atoms with Crippen LogP contribution in [0.25, 0.3) is 33.9 Å². The molecule has 0 atom stereocenters. The van der Waals surface area contributed by atoms with Crippen molar-refractivity contribution in [3.8, 4) is 22.8 Å². The first kappa shape index (κ1) is 17.3. The lowest BCUT2D eigenvalue weighted by atomic mass is 10.1. The van der Waals surface area contributed by atoms with Crippen molar-refractivity contribution in [2.45, 2.75) is 13.2 Å². The van der Waals surface area contributed by atoms with Gasteiger partial charge in [-0.2, -0.15) is 4.98 Å². The van der Waals surface area contributed by atoms with Crippen LogP contribution in [-0.4, -0.2) is 44.2 Å². The second kappa shape index (κ2) is 6.90. The van der Waals surface area contributed by atoms with Crippen LogP contribution in [0.1, 0.15) is 11.4 Å². The minimum atomic E-state index is -0.269. The van der Waals surface area contributed by atoms with Crippen LogP contribution < -0.4 is 0 Å². The number of aromatic nitrogens is 4. The Hall–Kier alpha value is -3.10. The van der Waals surface area contributed by atoms with Crippen LogP contribution in [-0.2, 0) is 13.2 Å². The molecule has 0 aliphatic heterocycles. The van der Waals surface area contributed by atoms with Crippen molar-refractivity contribution in [1.29, 1.82) is 0 Å². The number of halogens is 1. The molecule has 0 fully saturated rings. The monoisotopic (exact) mass is 367 g/mol. The van der Waals surface area contributed by atoms with Crippen LogP contribution in [0.3, 0.4) is 0 Å². The van der Waals surface area contributed by atoms with Crippen molar-refractivity contribution in [1.82, 2.24) is 25.0 Å². The fourth-order valence-corrected chi connectivity index (χ4v) is 2.96. The highest BCUT2D eigenvalue weighted by Gasteiger charge is 2.16. The van der Waals surface area contributed by atoms with E-state index in [1.807, 2.05) is 37.2 Å². The number of aliphatic hydroxyl groups is 1. The summed E-state index contributed by atoms with van der Waals surface area (Å²) in [5, 5.41) is 13.3. The van der Waals surface area contributed by atoms with E-state index in [1.54, 1.807) is 12.1 Å². The molecule has 0 spiro atoms. The topological polar surface area (TPSA) is 91.1 Å². The first-order valence-electron chi connectivity index (χ1n) is 8.41. The summed E-state index contributed by atoms with van der Waals surface area (Å²) < 4.78 is 19.4. The Labute approximate surface area is 154 Å². The van der Waals surface area contributed by atoms with Gasteiger partial charge in [-0.25, -0.2) is 9.37 Å². The number of hydrogen-bond acceptors (Lipinski definition) is 6. The lowest BCUT2D eigenvalue weighted by Crippen LogP contribution is -2.12. The zero-order valence-corrected chi connectivity index (χ0v) is 14.9. The standard InChI is InChI=1S/C19H18FN5O2/c1-25(2)9-12-8-11(6-7-14(12)20)18-23-19(27-24-18)13-4-3-5-15-17(13)22-16(10-26)21-15/h3-8,26H,9-10H2,1-2H3,(H,21,22). The molecular weight excluding hydrogens is 349 g/mol. The number of hydrogen-bond donors (Lipinski definition) is 2. The Morgan fingerprint density at radius 2 is 2.04 bits per heavy atom. The zero-order chi connectivity index (χ0) is 19.0. The summed E-state index contributed by atoms with van der Waals surface area (Å²) >= 11 is 0. The maximum absolute atomic E-state index is 14.0. The third kappa shape index (κ3) is 3.32. The van der Waals surface area contributed by atoms with Gasteiger partial charge in [0.1, 0.15) is 23.8 Å². The summed E-state index contributed by atoms with van der Waals surface area (Å²) in [6.07, 6.45) is 0. The second-order valence-corrected chi connectivity index (χ2v) is 6.51. The minimum absolute atomic E-state index is 0.187. The van der Waals surface area contributed by atoms with E-state index >= 15 is 0 Å². The third-order valence-corrected chi connectivity index (χ3v) is 4.16. The van der Waals surface area contributed by atoms with E-state index in [4.69, 9.17) is 4.52 Å². The lowest BCUT2D eigenvalue weighted by molar-refractivity contribution is 0.273. The van der Waals surface area contributed by atoms with E-state index in [1.165, 1.54) is 6.07 Å². The maximum Gasteiger partial charge on any atom is 0.260 e. The Morgan fingerprint density at radius 1 is 1.19 bits per heavy atom. The summed E-state index contributed by atoms with van der Waals surface area (Å²) in [4.78, 5) is 13.7. The largest absolute Gasteiger partial charge is 0.388 e. The highest BCUT2D eigenvalue weighted by atomic mass is 19.1. The summed E-state index contributed by atoms with van der Waals surface area (Å²) in [6, 6.07) is 10.3. The van der Waals surface area contributed by atoms with Crippen LogP contribution in [0, 0.1) is 5.82 Å². The molecule has 27 heavy (non-hydrogen) atoms. The predicted octanol–water partition coefficient (Wildman–Crippen LogP) is 2.97. The molecule has 2 aromatic carbocycles. The molecule has 0 amide bonds. The van der Waals surface area contributed by atoms with Gasteiger partial charge < -0.3 is 19.5 Å². The molecule has 0 radical (unpaired) electrons. The molecule has 2 N–H and O–H groups in total. The van der Waals surface area contributed by atoms with Crippen LogP contribution in [0.2, 0.25) is 0 Å². The van der Waals surface area contributed by atoms with E-state index in [0.717, 1.165) is 5.52 Å². The molecule has 4 aromatic rings. The second-order valence-electron chi connectivity index (χ2n) is 6.51. The van der Waals surface area contributed by atoms with Crippen LogP contribution in [0.15, 0.2) is 40.9 Å². The number of para-hydroxylation sites is 1. The van der Waals surface area contributed by atoms with Crippen molar-refractivity contribution in [2.24, 2.45) is 0 Å². The van der Waals surface area contributed by atoms with Crippen LogP contribution in [0.5, 0.6) is 0 Å². The molecule has 0 saturated heterocycles. The molecule has 0 bridgehead atoms. The number of nitrogens with zero attached hydrogens (tertiary/aromatic N) is 4. The molecular formula is C19H18FN5O2. The highest BCUT2D eigenvalue weighted by molar-refractivity contribution is 5.89. The van der Waals surface area contributed by atoms with E-state index in [2.05, 4.69) is 20.1 Å². The van der Waals surface area contributed by atoms with Gasteiger partial charge in [0.05, 0.1) is 11.1 Å². The van der Waals surface area contributed by atoms with Gasteiger partial charge in [-0.15, -0.1) is 0 Å². The third-order valence-electron chi connectivity index (χ3n) is 4.16. The van der Waals surface area contributed by atoms with Crippen LogP contribution >= 0.6 is 0 Å². The number of aliphatic hydroxyl groups excluding tert-OH is 1. The number of rotatable bonds is 5. The van der Waals surface area contributed by atoms with Crippen molar-refractivity contribution in [2.75, 3.05) is 14.1 Å². The minimum Gasteiger partial charge on any atom is -0.388 e. The molecule has 7 nitrogen and oxygen atoms in total. The molecule has 138 valence electrons. The molecule has 0 saturated carbocycles. The van der Waals surface area contributed by atoms with Crippen molar-refractivity contribution in [3.05, 3.63) is 53.6 Å². The van der Waals surface area contributed by atoms with Gasteiger partial charge in [-0.05, 0) is 44.4 Å². The average Bonchev–Trinajstić information content (AvgIpc) is 3.29. The van der Waals surface area contributed by atoms with Crippen molar-refractivity contribution < 1.29 is 14.0 Å². The van der Waals surface area contributed by atoms with Gasteiger partial charge >= 0.3 is 0 Å². The predicted molar refractivity (Wildman–Crippen MR) is 98.1 cm³/mol. The van der Waals surface area contributed by atoms with Gasteiger partial charge in [0.2, 0.25) is 5.82 Å². The summed E-state index contributed by atoms with van der Waals surface area (Å²) in [7, 11) is 3.76. The number of benzene rings is 2. The highest BCUT2D eigenvalue weighted by Crippen LogP contribution is 2.28. The zero-order valence-electron chi connectivity index (χ0n) is 14.9. The maximum atomic E-state index is 14.0. The molecule has 2 heterocycles. The van der Waals surface area contributed by atoms with Gasteiger partial charge in [0.15, 0.2) is 0 Å². The number of aromatic amines is 1. The number of fused-ring (bicyclic) bond motifs is 1. The molecule has 2 aromatic heterocycles. The van der Waals surface area contributed by atoms with Crippen molar-refractivity contribution >= 4 is 11.0 Å². The van der Waals surface area contributed by atoms with Gasteiger partial charge in [0.25, 0.3) is 5.89 Å². The number of imidazole rings is 1. The van der Waals surface area contributed by atoms with E-state index in [9.17, 15) is 9.50 Å². The van der Waals surface area contributed by atoms with E-state index < -0.39 is 0 Å². The summed E-state index contributed by atoms with van der Waals surface area (Å²) in [6.45, 7) is 0.286. The molecule has 4 rings (SSSR count). The Morgan fingerprint density at radius 3 is 2.81 bits per heavy atom. The Bertz CT molecular complexity index is 1100. The smallest absolute Gasteiger partial charge is 0.260 e. The van der Waals surface area contributed by atoms with Crippen molar-refractivity contribution in [3.63, 3.8) is 0 Å². The first-order chi connectivity index (χ1) is 13.0. The van der Waals surface area contributed by atoms with E-state index in [-0.39, 0.29) is 12.4 Å². The van der Waals surface area contributed by atoms with E-state index in [0.29, 0.717) is 46.3 Å². The first-order valence-corrected chi connectivity index (χ1v) is 8.41. The van der Waals surface area contributed by atoms with Gasteiger partial charge in [-0.3, -0.25) is 0 Å². The lowest BCUT2D eigenvalue weighted by Gasteiger charge is -2.11. The summed E-state index contributed by atoms with van der Waals surface area (Å²) in [5.74, 6) is 0.878. The normalized spacial score (nSPS) is 11.6. The molecule has 0 aliphatic carbocycles. The Balaban J connectivity index is 1.73. The fourth-order valence-electron chi connectivity index (χ4n) is 2.96. The average molecular weight is 367 g/mol. The Kier molecular flexibility index (Phi) is 4.43. The van der Waals surface area contributed by atoms with Gasteiger partial charge in [0, 0.05) is 17.7 Å².